The van der Waals surface area contributed by atoms with Crippen molar-refractivity contribution in [2.75, 3.05) is 13.2 Å². The van der Waals surface area contributed by atoms with Crippen LogP contribution in [-0.4, -0.2) is 30.6 Å². The van der Waals surface area contributed by atoms with Gasteiger partial charge in [0.25, 0.3) is 0 Å². The van der Waals surface area contributed by atoms with Gasteiger partial charge < -0.3 is 15.2 Å². The van der Waals surface area contributed by atoms with Crippen molar-refractivity contribution in [2.45, 2.75) is 6.42 Å². The minimum absolute atomic E-state index is 0.351. The smallest absolute Gasteiger partial charge is 0.341 e. The lowest BCUT2D eigenvalue weighted by Gasteiger charge is -2.05. The summed E-state index contributed by atoms with van der Waals surface area (Å²) in [6.45, 7) is 0.196. The SMILES string of the molecule is O=CNCCc1cccc(OCC(=O)O)c1. The van der Waals surface area contributed by atoms with E-state index in [0.29, 0.717) is 25.1 Å². The van der Waals surface area contributed by atoms with Gasteiger partial charge in [0.15, 0.2) is 6.61 Å². The Morgan fingerprint density at radius 1 is 1.50 bits per heavy atom. The molecule has 86 valence electrons. The van der Waals surface area contributed by atoms with E-state index >= 15 is 0 Å². The van der Waals surface area contributed by atoms with Gasteiger partial charge in [0, 0.05) is 6.54 Å². The number of carbonyl (C=O) groups excluding carboxylic acids is 1. The highest BCUT2D eigenvalue weighted by Gasteiger charge is 2.00. The second-order valence-corrected chi connectivity index (χ2v) is 3.15. The monoisotopic (exact) mass is 223 g/mol. The van der Waals surface area contributed by atoms with E-state index in [1.54, 1.807) is 18.2 Å². The number of aliphatic carboxylic acids is 1. The van der Waals surface area contributed by atoms with E-state index in [9.17, 15) is 9.59 Å². The second kappa shape index (κ2) is 6.44. The molecule has 0 bridgehead atoms. The predicted molar refractivity (Wildman–Crippen MR) is 57.3 cm³/mol. The Morgan fingerprint density at radius 3 is 3.00 bits per heavy atom. The van der Waals surface area contributed by atoms with E-state index in [1.165, 1.54) is 0 Å². The number of ether oxygens (including phenoxy) is 1. The van der Waals surface area contributed by atoms with Crippen LogP contribution in [-0.2, 0) is 16.0 Å². The maximum absolute atomic E-state index is 10.3. The fourth-order valence-electron chi connectivity index (χ4n) is 1.21. The molecule has 0 aliphatic rings. The van der Waals surface area contributed by atoms with E-state index in [2.05, 4.69) is 5.32 Å². The zero-order valence-corrected chi connectivity index (χ0v) is 8.68. The van der Waals surface area contributed by atoms with Crippen LogP contribution in [0.2, 0.25) is 0 Å². The Bertz CT molecular complexity index is 365. The van der Waals surface area contributed by atoms with Gasteiger partial charge in [-0.3, -0.25) is 4.79 Å². The molecular weight excluding hydrogens is 210 g/mol. The minimum atomic E-state index is -1.01. The maximum atomic E-state index is 10.3. The van der Waals surface area contributed by atoms with Gasteiger partial charge in [-0.25, -0.2) is 4.79 Å². The number of benzene rings is 1. The Labute approximate surface area is 93.0 Å². The first-order chi connectivity index (χ1) is 7.72. The lowest BCUT2D eigenvalue weighted by molar-refractivity contribution is -0.139. The average molecular weight is 223 g/mol. The van der Waals surface area contributed by atoms with Crippen molar-refractivity contribution in [2.24, 2.45) is 0 Å². The third-order valence-corrected chi connectivity index (χ3v) is 1.90. The lowest BCUT2D eigenvalue weighted by Crippen LogP contribution is -2.14. The molecule has 0 saturated heterocycles. The van der Waals surface area contributed by atoms with Gasteiger partial charge in [0.1, 0.15) is 5.75 Å². The molecule has 0 fully saturated rings. The third-order valence-electron chi connectivity index (χ3n) is 1.90. The van der Waals surface area contributed by atoms with Gasteiger partial charge in [-0.15, -0.1) is 0 Å². The number of nitrogens with one attached hydrogen (secondary N) is 1. The van der Waals surface area contributed by atoms with Crippen molar-refractivity contribution in [3.05, 3.63) is 29.8 Å². The number of hydrogen-bond donors (Lipinski definition) is 2. The summed E-state index contributed by atoms with van der Waals surface area (Å²) in [5.74, 6) is -0.487. The number of amides is 1. The molecule has 1 aromatic rings. The summed E-state index contributed by atoms with van der Waals surface area (Å²) in [4.78, 5) is 20.3. The molecule has 0 saturated carbocycles. The average Bonchev–Trinajstić information content (AvgIpc) is 2.27. The van der Waals surface area contributed by atoms with Crippen LogP contribution in [0.15, 0.2) is 24.3 Å². The van der Waals surface area contributed by atoms with Crippen molar-refractivity contribution in [3.63, 3.8) is 0 Å². The molecule has 0 heterocycles. The Kier molecular flexibility index (Phi) is 4.85. The van der Waals surface area contributed by atoms with Crippen molar-refractivity contribution in [1.82, 2.24) is 5.32 Å². The van der Waals surface area contributed by atoms with E-state index in [-0.39, 0.29) is 6.61 Å². The number of rotatable bonds is 7. The predicted octanol–water partition coefficient (Wildman–Crippen LogP) is 0.438. The van der Waals surface area contributed by atoms with E-state index in [0.717, 1.165) is 5.56 Å². The highest BCUT2D eigenvalue weighted by molar-refractivity contribution is 5.68. The number of carbonyl (C=O) groups is 2. The number of carboxylic acids is 1. The zero-order valence-electron chi connectivity index (χ0n) is 8.68. The molecule has 0 atom stereocenters. The fourth-order valence-corrected chi connectivity index (χ4v) is 1.21. The van der Waals surface area contributed by atoms with Crippen LogP contribution in [0.4, 0.5) is 0 Å². The molecule has 5 nitrogen and oxygen atoms in total. The largest absolute Gasteiger partial charge is 0.482 e. The van der Waals surface area contributed by atoms with Gasteiger partial charge in [0.2, 0.25) is 6.41 Å². The van der Waals surface area contributed by atoms with Gasteiger partial charge in [-0.2, -0.15) is 0 Å². The first-order valence-corrected chi connectivity index (χ1v) is 4.83. The summed E-state index contributed by atoms with van der Waals surface area (Å²) in [6, 6.07) is 7.13. The Balaban J connectivity index is 2.49. The molecule has 16 heavy (non-hydrogen) atoms. The summed E-state index contributed by atoms with van der Waals surface area (Å²) >= 11 is 0. The molecule has 0 aromatic heterocycles. The van der Waals surface area contributed by atoms with Gasteiger partial charge in [-0.05, 0) is 24.1 Å². The quantitative estimate of drug-likeness (QED) is 0.519. The Hall–Kier alpha value is -2.04. The zero-order chi connectivity index (χ0) is 11.8. The van der Waals surface area contributed by atoms with Crippen LogP contribution in [0.3, 0.4) is 0 Å². The second-order valence-electron chi connectivity index (χ2n) is 3.15. The van der Waals surface area contributed by atoms with Crippen LogP contribution < -0.4 is 10.1 Å². The molecule has 1 aromatic carbocycles. The van der Waals surface area contributed by atoms with Gasteiger partial charge in [-0.1, -0.05) is 12.1 Å². The minimum Gasteiger partial charge on any atom is -0.482 e. The van der Waals surface area contributed by atoms with Gasteiger partial charge >= 0.3 is 5.97 Å². The molecule has 2 N–H and O–H groups in total. The van der Waals surface area contributed by atoms with E-state index < -0.39 is 5.97 Å². The van der Waals surface area contributed by atoms with Crippen LogP contribution >= 0.6 is 0 Å². The summed E-state index contributed by atoms with van der Waals surface area (Å²) in [7, 11) is 0. The summed E-state index contributed by atoms with van der Waals surface area (Å²) in [5.41, 5.74) is 0.984. The third kappa shape index (κ3) is 4.45. The first-order valence-electron chi connectivity index (χ1n) is 4.83. The van der Waals surface area contributed by atoms with Crippen molar-refractivity contribution >= 4 is 12.4 Å². The molecular formula is C11H13NO4. The molecule has 0 unspecified atom stereocenters. The topological polar surface area (TPSA) is 75.6 Å². The summed E-state index contributed by atoms with van der Waals surface area (Å²) in [5, 5.41) is 11.0. The van der Waals surface area contributed by atoms with Gasteiger partial charge in [0.05, 0.1) is 0 Å². The van der Waals surface area contributed by atoms with Crippen LogP contribution in [0.5, 0.6) is 5.75 Å². The highest BCUT2D eigenvalue weighted by atomic mass is 16.5. The number of carboxylic acid groups (broad SMARTS) is 1. The molecule has 0 spiro atoms. The molecule has 5 heteroatoms. The van der Waals surface area contributed by atoms with Crippen LogP contribution in [0.1, 0.15) is 5.56 Å². The number of hydrogen-bond acceptors (Lipinski definition) is 3. The Morgan fingerprint density at radius 2 is 2.31 bits per heavy atom. The highest BCUT2D eigenvalue weighted by Crippen LogP contribution is 2.13. The molecule has 0 aliphatic carbocycles. The lowest BCUT2D eigenvalue weighted by atomic mass is 10.1. The molecule has 1 amide bonds. The normalized spacial score (nSPS) is 9.50. The first kappa shape index (κ1) is 12.0. The van der Waals surface area contributed by atoms with Crippen LogP contribution in [0, 0.1) is 0 Å². The molecule has 1 rings (SSSR count). The molecule has 0 radical (unpaired) electrons. The fraction of sp³-hybridized carbons (Fsp3) is 0.273. The van der Waals surface area contributed by atoms with E-state index in [1.807, 2.05) is 6.07 Å². The van der Waals surface area contributed by atoms with Crippen molar-refractivity contribution in [3.8, 4) is 5.75 Å². The van der Waals surface area contributed by atoms with Crippen LogP contribution in [0.25, 0.3) is 0 Å². The standard InChI is InChI=1S/C11H13NO4/c13-8-12-5-4-9-2-1-3-10(6-9)16-7-11(14)15/h1-3,6,8H,4-5,7H2,(H,12,13)(H,14,15). The van der Waals surface area contributed by atoms with Crippen molar-refractivity contribution < 1.29 is 19.4 Å². The summed E-state index contributed by atoms with van der Waals surface area (Å²) in [6.07, 6.45) is 1.33. The summed E-state index contributed by atoms with van der Waals surface area (Å²) < 4.78 is 5.02. The molecule has 0 aliphatic heterocycles. The van der Waals surface area contributed by atoms with E-state index in [4.69, 9.17) is 9.84 Å². The maximum Gasteiger partial charge on any atom is 0.341 e. The van der Waals surface area contributed by atoms with Crippen molar-refractivity contribution in [1.29, 1.82) is 0 Å².